The molecule has 13 nitrogen and oxygen atoms in total. The van der Waals surface area contributed by atoms with Crippen LogP contribution in [-0.4, -0.2) is 103 Å². The molecule has 6 rings (SSSR count). The number of aromatic amines is 1. The van der Waals surface area contributed by atoms with Crippen molar-refractivity contribution in [3.8, 4) is 17.1 Å². The van der Waals surface area contributed by atoms with Crippen molar-refractivity contribution in [2.24, 2.45) is 5.92 Å². The van der Waals surface area contributed by atoms with Crippen LogP contribution < -0.4 is 11.1 Å². The van der Waals surface area contributed by atoms with Crippen molar-refractivity contribution in [3.05, 3.63) is 76.6 Å². The van der Waals surface area contributed by atoms with Gasteiger partial charge < -0.3 is 30.7 Å². The molecule has 246 valence electrons. The number of imidazole rings is 1. The second-order valence-corrected chi connectivity index (χ2v) is 12.5. The van der Waals surface area contributed by atoms with Gasteiger partial charge in [0.15, 0.2) is 11.6 Å². The van der Waals surface area contributed by atoms with Crippen LogP contribution in [0.2, 0.25) is 5.02 Å². The molecule has 2 aliphatic heterocycles. The summed E-state index contributed by atoms with van der Waals surface area (Å²) in [4.78, 5) is 56.8. The topological polar surface area (TPSA) is 158 Å². The molecule has 14 heteroatoms. The second kappa shape index (κ2) is 13.9. The lowest BCUT2D eigenvalue weighted by molar-refractivity contribution is -0.138. The minimum absolute atomic E-state index is 0.0727. The molecule has 3 aromatic heterocycles. The fourth-order valence-electron chi connectivity index (χ4n) is 6.04. The fraction of sp³-hybridized carbons (Fsp3) is 0.394. The molecule has 2 aliphatic rings. The van der Waals surface area contributed by atoms with E-state index in [1.165, 1.54) is 0 Å². The maximum Gasteiger partial charge on any atom is 0.287 e. The molecule has 0 bridgehead atoms. The van der Waals surface area contributed by atoms with Crippen molar-refractivity contribution >= 4 is 35.0 Å². The van der Waals surface area contributed by atoms with Crippen molar-refractivity contribution in [3.63, 3.8) is 0 Å². The summed E-state index contributed by atoms with van der Waals surface area (Å²) in [7, 11) is 2.08. The van der Waals surface area contributed by atoms with Crippen molar-refractivity contribution in [1.29, 1.82) is 0 Å². The number of nitrogens with two attached hydrogens (primary N) is 1. The lowest BCUT2D eigenvalue weighted by Gasteiger charge is -2.38. The van der Waals surface area contributed by atoms with E-state index in [1.54, 1.807) is 52.3 Å². The highest BCUT2D eigenvalue weighted by Gasteiger charge is 2.31. The van der Waals surface area contributed by atoms with E-state index in [-0.39, 0.29) is 36.0 Å². The SMILES string of the molecule is CCc1nn(-c2ccc(N)cn2)cc1-c1cnc(C(=O)NCc2ccc(C(=O)N3CCN(C(=O)C4CCN(C)CC4)CC3)c(Cl)c2)[nH]1. The Morgan fingerprint density at radius 2 is 1.74 bits per heavy atom. The van der Waals surface area contributed by atoms with Gasteiger partial charge in [-0.3, -0.25) is 14.4 Å². The number of amides is 3. The fourth-order valence-corrected chi connectivity index (χ4v) is 6.33. The molecular formula is C33H39ClN10O3. The number of pyridine rings is 1. The Morgan fingerprint density at radius 3 is 2.43 bits per heavy atom. The van der Waals surface area contributed by atoms with Gasteiger partial charge in [0.05, 0.1) is 40.1 Å². The Labute approximate surface area is 278 Å². The first-order chi connectivity index (χ1) is 22.7. The standard InChI is InChI=1S/C33H39ClN10O3/c1-3-27-25(20-44(40-27)29-7-5-23(35)18-36-29)28-19-37-30(39-28)31(45)38-17-21-4-6-24(26(34)16-21)33(47)43-14-12-42(13-15-43)32(46)22-8-10-41(2)11-9-22/h4-7,16,18-20,22H,3,8-15,17,35H2,1-2H3,(H,37,39)(H,38,45). The maximum absolute atomic E-state index is 13.3. The Balaban J connectivity index is 1.03. The first-order valence-electron chi connectivity index (χ1n) is 15.9. The molecule has 0 unspecified atom stereocenters. The number of nitrogens with one attached hydrogen (secondary N) is 2. The molecule has 5 heterocycles. The lowest BCUT2D eigenvalue weighted by atomic mass is 9.95. The van der Waals surface area contributed by atoms with Gasteiger partial charge in [-0.25, -0.2) is 14.6 Å². The number of piperidine rings is 1. The van der Waals surface area contributed by atoms with E-state index in [2.05, 4.69) is 37.3 Å². The molecule has 4 aromatic rings. The zero-order valence-corrected chi connectivity index (χ0v) is 27.3. The summed E-state index contributed by atoms with van der Waals surface area (Å²) in [6, 6.07) is 8.70. The number of rotatable bonds is 8. The number of carbonyl (C=O) groups is 3. The smallest absolute Gasteiger partial charge is 0.287 e. The summed E-state index contributed by atoms with van der Waals surface area (Å²) in [5.74, 6) is 0.513. The molecule has 0 radical (unpaired) electrons. The predicted molar refractivity (Wildman–Crippen MR) is 178 cm³/mol. The van der Waals surface area contributed by atoms with Gasteiger partial charge in [0.25, 0.3) is 11.8 Å². The normalized spacial score (nSPS) is 16.0. The Kier molecular flexibility index (Phi) is 9.55. The first kappa shape index (κ1) is 32.2. The van der Waals surface area contributed by atoms with Crippen molar-refractivity contribution in [2.75, 3.05) is 52.0 Å². The van der Waals surface area contributed by atoms with Crippen LogP contribution in [0.4, 0.5) is 5.69 Å². The van der Waals surface area contributed by atoms with Crippen LogP contribution >= 0.6 is 11.6 Å². The number of hydrogen-bond donors (Lipinski definition) is 3. The number of benzene rings is 1. The maximum atomic E-state index is 13.3. The number of nitrogen functional groups attached to an aromatic ring is 1. The number of aromatic nitrogens is 5. The molecule has 0 aliphatic carbocycles. The number of likely N-dealkylation sites (tertiary alicyclic amines) is 1. The van der Waals surface area contributed by atoms with Crippen LogP contribution in [0.15, 0.2) is 48.9 Å². The predicted octanol–water partition coefficient (Wildman–Crippen LogP) is 3.01. The zero-order valence-electron chi connectivity index (χ0n) is 26.6. The zero-order chi connectivity index (χ0) is 33.1. The summed E-state index contributed by atoms with van der Waals surface area (Å²) >= 11 is 6.56. The van der Waals surface area contributed by atoms with E-state index in [4.69, 9.17) is 17.3 Å². The second-order valence-electron chi connectivity index (χ2n) is 12.1. The summed E-state index contributed by atoms with van der Waals surface area (Å²) in [5, 5.41) is 7.80. The third-order valence-electron chi connectivity index (χ3n) is 8.88. The summed E-state index contributed by atoms with van der Waals surface area (Å²) in [5.41, 5.74) is 9.76. The number of carbonyl (C=O) groups excluding carboxylic acids is 3. The van der Waals surface area contributed by atoms with Crippen LogP contribution in [0.25, 0.3) is 17.1 Å². The molecular weight excluding hydrogens is 620 g/mol. The highest BCUT2D eigenvalue weighted by Crippen LogP contribution is 2.25. The Hall–Kier alpha value is -4.75. The van der Waals surface area contributed by atoms with Gasteiger partial charge in [0.1, 0.15) is 0 Å². The van der Waals surface area contributed by atoms with E-state index in [9.17, 15) is 14.4 Å². The van der Waals surface area contributed by atoms with Crippen LogP contribution in [0.3, 0.4) is 0 Å². The summed E-state index contributed by atoms with van der Waals surface area (Å²) < 4.78 is 1.67. The summed E-state index contributed by atoms with van der Waals surface area (Å²) in [6.45, 7) is 6.06. The van der Waals surface area contributed by atoms with Gasteiger partial charge in [-0.2, -0.15) is 5.10 Å². The molecule has 2 fully saturated rings. The number of piperazine rings is 1. The molecule has 47 heavy (non-hydrogen) atoms. The average molecular weight is 659 g/mol. The van der Waals surface area contributed by atoms with E-state index in [1.807, 2.05) is 18.0 Å². The molecule has 4 N–H and O–H groups in total. The molecule has 3 amide bonds. The number of aryl methyl sites for hydroxylation is 1. The molecule has 0 atom stereocenters. The van der Waals surface area contributed by atoms with E-state index >= 15 is 0 Å². The third kappa shape index (κ3) is 7.15. The third-order valence-corrected chi connectivity index (χ3v) is 9.19. The van der Waals surface area contributed by atoms with Gasteiger partial charge in [0, 0.05) is 50.4 Å². The van der Waals surface area contributed by atoms with E-state index in [0.29, 0.717) is 60.4 Å². The highest BCUT2D eigenvalue weighted by atomic mass is 35.5. The molecule has 0 saturated carbocycles. The van der Waals surface area contributed by atoms with Gasteiger partial charge in [-0.1, -0.05) is 24.6 Å². The van der Waals surface area contributed by atoms with Crippen LogP contribution in [0, 0.1) is 5.92 Å². The Bertz CT molecular complexity index is 1750. The number of hydrogen-bond acceptors (Lipinski definition) is 8. The highest BCUT2D eigenvalue weighted by molar-refractivity contribution is 6.33. The summed E-state index contributed by atoms with van der Waals surface area (Å²) in [6.07, 6.45) is 7.46. The quantitative estimate of drug-likeness (QED) is 0.261. The van der Waals surface area contributed by atoms with Gasteiger partial charge in [-0.05, 0) is 69.2 Å². The minimum Gasteiger partial charge on any atom is -0.397 e. The van der Waals surface area contributed by atoms with Crippen molar-refractivity contribution in [2.45, 2.75) is 32.7 Å². The average Bonchev–Trinajstić information content (AvgIpc) is 3.75. The van der Waals surface area contributed by atoms with Gasteiger partial charge >= 0.3 is 0 Å². The van der Waals surface area contributed by atoms with Crippen LogP contribution in [0.1, 0.15) is 52.0 Å². The Morgan fingerprint density at radius 1 is 1.00 bits per heavy atom. The van der Waals surface area contributed by atoms with Crippen LogP contribution in [-0.2, 0) is 17.8 Å². The van der Waals surface area contributed by atoms with E-state index in [0.717, 1.165) is 42.8 Å². The lowest BCUT2D eigenvalue weighted by Crippen LogP contribution is -2.52. The molecule has 1 aromatic carbocycles. The van der Waals surface area contributed by atoms with Gasteiger partial charge in [0.2, 0.25) is 5.91 Å². The molecule has 0 spiro atoms. The van der Waals surface area contributed by atoms with Gasteiger partial charge in [-0.15, -0.1) is 0 Å². The van der Waals surface area contributed by atoms with Crippen molar-refractivity contribution < 1.29 is 14.4 Å². The van der Waals surface area contributed by atoms with E-state index < -0.39 is 0 Å². The number of nitrogens with zero attached hydrogens (tertiary/aromatic N) is 7. The van der Waals surface area contributed by atoms with Crippen LogP contribution in [0.5, 0.6) is 0 Å². The monoisotopic (exact) mass is 658 g/mol. The number of H-pyrrole nitrogens is 1. The number of anilines is 1. The minimum atomic E-state index is -0.383. The number of halogens is 1. The largest absolute Gasteiger partial charge is 0.397 e. The molecule has 2 saturated heterocycles. The first-order valence-corrected chi connectivity index (χ1v) is 16.3. The van der Waals surface area contributed by atoms with Crippen molar-refractivity contribution in [1.82, 2.24) is 44.7 Å².